The molecule has 3 rings (SSSR count). The number of rotatable bonds is 6. The van der Waals surface area contributed by atoms with Crippen molar-refractivity contribution in [1.82, 2.24) is 4.98 Å². The first-order valence-electron chi connectivity index (χ1n) is 7.98. The van der Waals surface area contributed by atoms with E-state index in [9.17, 15) is 0 Å². The quantitative estimate of drug-likeness (QED) is 0.659. The number of methoxy groups -OCH3 is 2. The molecular formula is C20H21NO4. The molecule has 0 fully saturated rings. The first-order valence-corrected chi connectivity index (χ1v) is 7.98. The van der Waals surface area contributed by atoms with Crippen LogP contribution in [0.5, 0.6) is 17.2 Å². The fourth-order valence-electron chi connectivity index (χ4n) is 2.47. The molecule has 1 aromatic heterocycles. The minimum Gasteiger partial charge on any atom is -0.497 e. The minimum absolute atomic E-state index is 0.347. The van der Waals surface area contributed by atoms with E-state index in [1.165, 1.54) is 0 Å². The van der Waals surface area contributed by atoms with Gasteiger partial charge in [0.05, 0.1) is 14.2 Å². The maximum atomic E-state index is 5.82. The van der Waals surface area contributed by atoms with E-state index in [0.29, 0.717) is 24.0 Å². The maximum Gasteiger partial charge on any atom is 0.226 e. The summed E-state index contributed by atoms with van der Waals surface area (Å²) in [7, 11) is 3.22. The highest BCUT2D eigenvalue weighted by Crippen LogP contribution is 2.30. The normalized spacial score (nSPS) is 10.6. The van der Waals surface area contributed by atoms with Crippen LogP contribution in [0.3, 0.4) is 0 Å². The highest BCUT2D eigenvalue weighted by molar-refractivity contribution is 5.60. The predicted molar refractivity (Wildman–Crippen MR) is 95.3 cm³/mol. The zero-order chi connectivity index (χ0) is 17.8. The number of oxazole rings is 1. The monoisotopic (exact) mass is 339 g/mol. The van der Waals surface area contributed by atoms with Crippen molar-refractivity contribution >= 4 is 0 Å². The number of ether oxygens (including phenoxy) is 3. The van der Waals surface area contributed by atoms with Gasteiger partial charge in [-0.3, -0.25) is 0 Å². The molecule has 0 bridgehead atoms. The largest absolute Gasteiger partial charge is 0.497 e. The van der Waals surface area contributed by atoms with Crippen LogP contribution in [0.25, 0.3) is 11.5 Å². The molecule has 0 atom stereocenters. The molecule has 130 valence electrons. The Morgan fingerprint density at radius 2 is 1.64 bits per heavy atom. The van der Waals surface area contributed by atoms with E-state index in [0.717, 1.165) is 28.3 Å². The van der Waals surface area contributed by atoms with Crippen molar-refractivity contribution in [2.75, 3.05) is 14.2 Å². The topological polar surface area (TPSA) is 53.7 Å². The summed E-state index contributed by atoms with van der Waals surface area (Å²) in [6, 6.07) is 13.4. The number of aryl methyl sites for hydroxylation is 2. The summed E-state index contributed by atoms with van der Waals surface area (Å²) in [6.07, 6.45) is 0. The van der Waals surface area contributed by atoms with E-state index < -0.39 is 0 Å². The van der Waals surface area contributed by atoms with Crippen molar-refractivity contribution in [2.24, 2.45) is 0 Å². The zero-order valence-corrected chi connectivity index (χ0v) is 14.8. The van der Waals surface area contributed by atoms with Crippen LogP contribution in [0.4, 0.5) is 0 Å². The molecule has 1 heterocycles. The van der Waals surface area contributed by atoms with Crippen LogP contribution in [0.2, 0.25) is 0 Å². The van der Waals surface area contributed by atoms with Crippen molar-refractivity contribution < 1.29 is 18.6 Å². The molecule has 3 aromatic rings. The van der Waals surface area contributed by atoms with Crippen molar-refractivity contribution in [3.05, 3.63) is 59.5 Å². The third-order valence-electron chi connectivity index (χ3n) is 3.86. The molecule has 0 radical (unpaired) electrons. The molecule has 5 heteroatoms. The lowest BCUT2D eigenvalue weighted by atomic mass is 10.2. The fraction of sp³-hybridized carbons (Fsp3) is 0.250. The van der Waals surface area contributed by atoms with Crippen molar-refractivity contribution in [3.8, 4) is 28.7 Å². The SMILES string of the molecule is COc1cc(OC)cc(-c2nc(COc3cccc(C)c3)c(C)o2)c1. The van der Waals surface area contributed by atoms with Crippen LogP contribution in [-0.4, -0.2) is 19.2 Å². The molecule has 0 saturated heterocycles. The van der Waals surface area contributed by atoms with Crippen LogP contribution in [-0.2, 0) is 6.61 Å². The maximum absolute atomic E-state index is 5.82. The second-order valence-electron chi connectivity index (χ2n) is 5.73. The summed E-state index contributed by atoms with van der Waals surface area (Å²) < 4.78 is 22.2. The van der Waals surface area contributed by atoms with E-state index in [-0.39, 0.29) is 0 Å². The molecule has 0 unspecified atom stereocenters. The van der Waals surface area contributed by atoms with Crippen LogP contribution in [0.1, 0.15) is 17.0 Å². The molecule has 0 N–H and O–H groups in total. The van der Waals surface area contributed by atoms with Gasteiger partial charge in [-0.05, 0) is 43.7 Å². The van der Waals surface area contributed by atoms with Crippen molar-refractivity contribution in [3.63, 3.8) is 0 Å². The van der Waals surface area contributed by atoms with E-state index in [1.807, 2.05) is 50.2 Å². The first kappa shape index (κ1) is 16.9. The Morgan fingerprint density at radius 1 is 0.920 bits per heavy atom. The molecule has 0 aliphatic carbocycles. The number of hydrogen-bond donors (Lipinski definition) is 0. The van der Waals surface area contributed by atoms with Gasteiger partial charge in [0.1, 0.15) is 35.3 Å². The van der Waals surface area contributed by atoms with E-state index in [1.54, 1.807) is 20.3 Å². The Labute approximate surface area is 147 Å². The van der Waals surface area contributed by atoms with Gasteiger partial charge in [0.25, 0.3) is 0 Å². The van der Waals surface area contributed by atoms with Gasteiger partial charge < -0.3 is 18.6 Å². The lowest BCUT2D eigenvalue weighted by Gasteiger charge is -2.06. The highest BCUT2D eigenvalue weighted by Gasteiger charge is 2.14. The molecular weight excluding hydrogens is 318 g/mol. The van der Waals surface area contributed by atoms with Gasteiger partial charge in [-0.25, -0.2) is 4.98 Å². The summed E-state index contributed by atoms with van der Waals surface area (Å²) in [5.41, 5.74) is 2.71. The van der Waals surface area contributed by atoms with Gasteiger partial charge in [-0.2, -0.15) is 0 Å². The van der Waals surface area contributed by atoms with E-state index in [2.05, 4.69) is 4.98 Å². The van der Waals surface area contributed by atoms with E-state index >= 15 is 0 Å². The number of hydrogen-bond acceptors (Lipinski definition) is 5. The van der Waals surface area contributed by atoms with Gasteiger partial charge in [0, 0.05) is 11.6 Å². The summed E-state index contributed by atoms with van der Waals surface area (Å²) in [5, 5.41) is 0. The molecule has 25 heavy (non-hydrogen) atoms. The summed E-state index contributed by atoms with van der Waals surface area (Å²) in [5.74, 6) is 3.42. The average Bonchev–Trinajstić information content (AvgIpc) is 3.00. The van der Waals surface area contributed by atoms with Gasteiger partial charge in [0.2, 0.25) is 5.89 Å². The minimum atomic E-state index is 0.347. The smallest absolute Gasteiger partial charge is 0.226 e. The Hall–Kier alpha value is -2.95. The standard InChI is InChI=1S/C20H21NO4/c1-13-6-5-7-16(8-13)24-12-19-14(2)25-20(21-19)15-9-17(22-3)11-18(10-15)23-4/h5-11H,12H2,1-4H3. The summed E-state index contributed by atoms with van der Waals surface area (Å²) >= 11 is 0. The molecule has 2 aromatic carbocycles. The van der Waals surface area contributed by atoms with Crippen LogP contribution in [0, 0.1) is 13.8 Å². The summed E-state index contributed by atoms with van der Waals surface area (Å²) in [6.45, 7) is 4.26. The molecule has 0 aliphatic heterocycles. The third-order valence-corrected chi connectivity index (χ3v) is 3.86. The highest BCUT2D eigenvalue weighted by atomic mass is 16.5. The molecule has 0 spiro atoms. The van der Waals surface area contributed by atoms with Gasteiger partial charge in [-0.15, -0.1) is 0 Å². The van der Waals surface area contributed by atoms with Crippen LogP contribution < -0.4 is 14.2 Å². The lowest BCUT2D eigenvalue weighted by Crippen LogP contribution is -1.97. The zero-order valence-electron chi connectivity index (χ0n) is 14.8. The van der Waals surface area contributed by atoms with Gasteiger partial charge in [-0.1, -0.05) is 12.1 Å². The molecule has 0 saturated carbocycles. The van der Waals surface area contributed by atoms with Crippen molar-refractivity contribution in [1.29, 1.82) is 0 Å². The molecule has 0 aliphatic rings. The Balaban J connectivity index is 1.82. The third kappa shape index (κ3) is 3.94. The van der Waals surface area contributed by atoms with Gasteiger partial charge >= 0.3 is 0 Å². The molecule has 0 amide bonds. The second kappa shape index (κ2) is 7.30. The lowest BCUT2D eigenvalue weighted by molar-refractivity contribution is 0.299. The Bertz CT molecular complexity index is 848. The first-order chi connectivity index (χ1) is 12.1. The van der Waals surface area contributed by atoms with Crippen molar-refractivity contribution in [2.45, 2.75) is 20.5 Å². The number of benzene rings is 2. The van der Waals surface area contributed by atoms with Crippen LogP contribution in [0.15, 0.2) is 46.9 Å². The number of nitrogens with zero attached hydrogens (tertiary/aromatic N) is 1. The van der Waals surface area contributed by atoms with Gasteiger partial charge in [0.15, 0.2) is 0 Å². The predicted octanol–water partition coefficient (Wildman–Crippen LogP) is 4.55. The fourth-order valence-corrected chi connectivity index (χ4v) is 2.47. The summed E-state index contributed by atoms with van der Waals surface area (Å²) in [4.78, 5) is 4.57. The second-order valence-corrected chi connectivity index (χ2v) is 5.73. The molecule has 5 nitrogen and oxygen atoms in total. The number of aromatic nitrogens is 1. The average molecular weight is 339 g/mol. The Kier molecular flexibility index (Phi) is 4.93. The van der Waals surface area contributed by atoms with E-state index in [4.69, 9.17) is 18.6 Å². The van der Waals surface area contributed by atoms with Crippen LogP contribution >= 0.6 is 0 Å². The Morgan fingerprint density at radius 3 is 2.28 bits per heavy atom.